The summed E-state index contributed by atoms with van der Waals surface area (Å²) < 4.78 is 36.6. The van der Waals surface area contributed by atoms with Crippen LogP contribution >= 0.6 is 11.6 Å². The minimum absolute atomic E-state index is 0.0216. The lowest BCUT2D eigenvalue weighted by molar-refractivity contribution is -0.385. The van der Waals surface area contributed by atoms with E-state index in [1.54, 1.807) is 0 Å². The van der Waals surface area contributed by atoms with Crippen molar-refractivity contribution in [3.05, 3.63) is 21.1 Å². The van der Waals surface area contributed by atoms with Crippen LogP contribution in [0.5, 0.6) is 0 Å². The lowest BCUT2D eigenvalue weighted by Gasteiger charge is -2.16. The molecule has 0 saturated carbocycles. The maximum atomic E-state index is 12.2. The standard InChI is InChI=1S/C9H10ClF3N4O2/c1-4(3-9(11,12)13)14-7-6(17(18)19)5(2)15-8(10)16-7/h4H,3H2,1-2H3,(H,14,15,16). The number of hydrogen-bond donors (Lipinski definition) is 1. The molecule has 1 rings (SSSR count). The molecule has 1 aromatic rings. The van der Waals surface area contributed by atoms with Gasteiger partial charge in [0.15, 0.2) is 0 Å². The van der Waals surface area contributed by atoms with Crippen molar-refractivity contribution in [2.75, 3.05) is 5.32 Å². The maximum absolute atomic E-state index is 12.2. The zero-order valence-corrected chi connectivity index (χ0v) is 10.7. The van der Waals surface area contributed by atoms with Crippen molar-refractivity contribution < 1.29 is 18.1 Å². The molecule has 0 amide bonds. The second kappa shape index (κ2) is 5.55. The van der Waals surface area contributed by atoms with E-state index in [4.69, 9.17) is 11.6 Å². The number of aryl methyl sites for hydroxylation is 1. The lowest BCUT2D eigenvalue weighted by Crippen LogP contribution is -2.25. The molecular weight excluding hydrogens is 289 g/mol. The Morgan fingerprint density at radius 3 is 2.53 bits per heavy atom. The molecule has 19 heavy (non-hydrogen) atoms. The summed E-state index contributed by atoms with van der Waals surface area (Å²) in [5, 5.41) is 12.9. The molecule has 6 nitrogen and oxygen atoms in total. The van der Waals surface area contributed by atoms with Crippen LogP contribution in [-0.4, -0.2) is 27.1 Å². The molecule has 10 heteroatoms. The van der Waals surface area contributed by atoms with E-state index in [1.165, 1.54) is 13.8 Å². The number of hydrogen-bond acceptors (Lipinski definition) is 5. The Morgan fingerprint density at radius 2 is 2.05 bits per heavy atom. The predicted octanol–water partition coefficient (Wildman–Crippen LogP) is 3.10. The normalized spacial score (nSPS) is 13.2. The highest BCUT2D eigenvalue weighted by Crippen LogP contribution is 2.29. The fourth-order valence-corrected chi connectivity index (χ4v) is 1.70. The van der Waals surface area contributed by atoms with Crippen LogP contribution in [0, 0.1) is 17.0 Å². The van der Waals surface area contributed by atoms with Gasteiger partial charge < -0.3 is 5.32 Å². The van der Waals surface area contributed by atoms with Crippen molar-refractivity contribution in [3.63, 3.8) is 0 Å². The highest BCUT2D eigenvalue weighted by Gasteiger charge is 2.31. The summed E-state index contributed by atoms with van der Waals surface area (Å²) in [4.78, 5) is 17.2. The Kier molecular flexibility index (Phi) is 4.51. The summed E-state index contributed by atoms with van der Waals surface area (Å²) in [5.41, 5.74) is -0.509. The SMILES string of the molecule is Cc1nc(Cl)nc(NC(C)CC(F)(F)F)c1[N+](=O)[O-]. The molecule has 0 aromatic carbocycles. The molecule has 0 aliphatic carbocycles. The Morgan fingerprint density at radius 1 is 1.47 bits per heavy atom. The van der Waals surface area contributed by atoms with Gasteiger partial charge in [0.2, 0.25) is 11.1 Å². The highest BCUT2D eigenvalue weighted by molar-refractivity contribution is 6.28. The van der Waals surface area contributed by atoms with Crippen LogP contribution in [0.4, 0.5) is 24.7 Å². The first kappa shape index (κ1) is 15.4. The number of aromatic nitrogens is 2. The molecule has 1 unspecified atom stereocenters. The number of nitrogens with zero attached hydrogens (tertiary/aromatic N) is 3. The largest absolute Gasteiger partial charge is 0.391 e. The second-order valence-corrected chi connectivity index (χ2v) is 4.24. The first-order valence-corrected chi connectivity index (χ1v) is 5.49. The Hall–Kier alpha value is -1.64. The summed E-state index contributed by atoms with van der Waals surface area (Å²) in [7, 11) is 0. The van der Waals surface area contributed by atoms with E-state index in [9.17, 15) is 23.3 Å². The summed E-state index contributed by atoms with van der Waals surface area (Å²) in [6, 6.07) is -1.08. The summed E-state index contributed by atoms with van der Waals surface area (Å²) in [6.07, 6.45) is -5.53. The number of halogens is 4. The molecule has 1 heterocycles. The quantitative estimate of drug-likeness (QED) is 0.525. The molecule has 1 aromatic heterocycles. The van der Waals surface area contributed by atoms with Crippen LogP contribution in [0.3, 0.4) is 0 Å². The molecule has 0 aliphatic heterocycles. The van der Waals surface area contributed by atoms with E-state index >= 15 is 0 Å². The van der Waals surface area contributed by atoms with Crippen LogP contribution in [-0.2, 0) is 0 Å². The van der Waals surface area contributed by atoms with Crippen molar-refractivity contribution >= 4 is 23.1 Å². The lowest BCUT2D eigenvalue weighted by atomic mass is 10.2. The fraction of sp³-hybridized carbons (Fsp3) is 0.556. The molecule has 0 fully saturated rings. The summed E-state index contributed by atoms with van der Waals surface area (Å²) in [5.74, 6) is -0.320. The van der Waals surface area contributed by atoms with Gasteiger partial charge in [0.25, 0.3) is 0 Å². The molecular formula is C9H10ClF3N4O2. The third-order valence-corrected chi connectivity index (χ3v) is 2.30. The van der Waals surface area contributed by atoms with Gasteiger partial charge in [0.1, 0.15) is 5.69 Å². The van der Waals surface area contributed by atoms with Gasteiger partial charge in [-0.1, -0.05) is 0 Å². The molecule has 106 valence electrons. The van der Waals surface area contributed by atoms with Crippen LogP contribution in [0.1, 0.15) is 19.0 Å². The second-order valence-electron chi connectivity index (χ2n) is 3.90. The van der Waals surface area contributed by atoms with E-state index in [-0.39, 0.29) is 16.8 Å². The van der Waals surface area contributed by atoms with Gasteiger partial charge in [0.05, 0.1) is 11.3 Å². The Balaban J connectivity index is 3.03. The summed E-state index contributed by atoms with van der Waals surface area (Å²) in [6.45, 7) is 2.56. The monoisotopic (exact) mass is 298 g/mol. The molecule has 0 saturated heterocycles. The number of nitro groups is 1. The van der Waals surface area contributed by atoms with Crippen molar-refractivity contribution in [1.82, 2.24) is 9.97 Å². The number of nitrogens with one attached hydrogen (secondary N) is 1. The maximum Gasteiger partial charge on any atom is 0.391 e. The molecule has 0 radical (unpaired) electrons. The minimum Gasteiger partial charge on any atom is -0.361 e. The van der Waals surface area contributed by atoms with Crippen LogP contribution < -0.4 is 5.32 Å². The van der Waals surface area contributed by atoms with Gasteiger partial charge in [-0.3, -0.25) is 10.1 Å². The molecule has 0 spiro atoms. The summed E-state index contributed by atoms with van der Waals surface area (Å²) >= 11 is 5.54. The minimum atomic E-state index is -4.38. The van der Waals surface area contributed by atoms with Crippen molar-refractivity contribution in [2.24, 2.45) is 0 Å². The topological polar surface area (TPSA) is 81.0 Å². The number of alkyl halides is 3. The van der Waals surface area contributed by atoms with Crippen molar-refractivity contribution in [2.45, 2.75) is 32.5 Å². The highest BCUT2D eigenvalue weighted by atomic mass is 35.5. The van der Waals surface area contributed by atoms with E-state index in [0.29, 0.717) is 0 Å². The molecule has 1 N–H and O–H groups in total. The van der Waals surface area contributed by atoms with Gasteiger partial charge in [0, 0.05) is 6.04 Å². The Labute approximate surface area is 111 Å². The first-order chi connectivity index (χ1) is 8.60. The van der Waals surface area contributed by atoms with Crippen LogP contribution in [0.2, 0.25) is 5.28 Å². The van der Waals surface area contributed by atoms with E-state index in [2.05, 4.69) is 15.3 Å². The van der Waals surface area contributed by atoms with Gasteiger partial charge in [-0.15, -0.1) is 0 Å². The number of rotatable bonds is 4. The molecule has 1 atom stereocenters. The van der Waals surface area contributed by atoms with E-state index < -0.39 is 29.2 Å². The van der Waals surface area contributed by atoms with Crippen LogP contribution in [0.25, 0.3) is 0 Å². The average molecular weight is 299 g/mol. The van der Waals surface area contributed by atoms with Crippen molar-refractivity contribution in [3.8, 4) is 0 Å². The Bertz CT molecular complexity index is 495. The third-order valence-electron chi connectivity index (χ3n) is 2.13. The molecule has 0 aliphatic rings. The first-order valence-electron chi connectivity index (χ1n) is 5.12. The average Bonchev–Trinajstić information content (AvgIpc) is 2.10. The van der Waals surface area contributed by atoms with Gasteiger partial charge in [-0.2, -0.15) is 18.2 Å². The van der Waals surface area contributed by atoms with Gasteiger partial charge >= 0.3 is 11.9 Å². The molecule has 0 bridgehead atoms. The zero-order valence-electron chi connectivity index (χ0n) is 9.95. The predicted molar refractivity (Wildman–Crippen MR) is 62.2 cm³/mol. The fourth-order valence-electron chi connectivity index (χ4n) is 1.48. The van der Waals surface area contributed by atoms with Gasteiger partial charge in [-0.05, 0) is 25.4 Å². The van der Waals surface area contributed by atoms with Crippen LogP contribution in [0.15, 0.2) is 0 Å². The third kappa shape index (κ3) is 4.51. The zero-order chi connectivity index (χ0) is 14.8. The van der Waals surface area contributed by atoms with Gasteiger partial charge in [-0.25, -0.2) is 4.98 Å². The van der Waals surface area contributed by atoms with E-state index in [0.717, 1.165) is 0 Å². The van der Waals surface area contributed by atoms with E-state index in [1.807, 2.05) is 0 Å². The smallest absolute Gasteiger partial charge is 0.361 e. The number of anilines is 1. The van der Waals surface area contributed by atoms with Crippen molar-refractivity contribution in [1.29, 1.82) is 0 Å².